The Bertz CT molecular complexity index is 1270. The standard InChI is InChI=1S/C25H25N3O5S3/c1-33-24(32)15-10-8-14(9-11-15)13-18-23(31)28(25(34)36-18)12-4-7-19(29)27-22-20(21(26)30)16-5-2-3-6-17(16)35-22/h8-11,13H,2-7,12H2,1H3,(H2,26,30)(H,27,29). The van der Waals surface area contributed by atoms with Gasteiger partial charge in [-0.1, -0.05) is 36.1 Å². The second-order valence-electron chi connectivity index (χ2n) is 8.38. The van der Waals surface area contributed by atoms with Crippen molar-refractivity contribution in [3.05, 3.63) is 56.3 Å². The van der Waals surface area contributed by atoms with E-state index < -0.39 is 11.9 Å². The Morgan fingerprint density at radius 3 is 2.61 bits per heavy atom. The third-order valence-electron chi connectivity index (χ3n) is 5.96. The van der Waals surface area contributed by atoms with Crippen LogP contribution in [0.2, 0.25) is 0 Å². The van der Waals surface area contributed by atoms with E-state index in [2.05, 4.69) is 5.32 Å². The molecule has 8 nitrogen and oxygen atoms in total. The molecule has 11 heteroatoms. The maximum Gasteiger partial charge on any atom is 0.337 e. The summed E-state index contributed by atoms with van der Waals surface area (Å²) in [6.07, 6.45) is 6.08. The van der Waals surface area contributed by atoms with Gasteiger partial charge in [0, 0.05) is 17.8 Å². The predicted molar refractivity (Wildman–Crippen MR) is 145 cm³/mol. The first kappa shape index (κ1) is 26.1. The number of aryl methyl sites for hydroxylation is 1. The van der Waals surface area contributed by atoms with Crippen molar-refractivity contribution < 1.29 is 23.9 Å². The predicted octanol–water partition coefficient (Wildman–Crippen LogP) is 4.13. The van der Waals surface area contributed by atoms with Crippen molar-refractivity contribution in [3.63, 3.8) is 0 Å². The number of carbonyl (C=O) groups excluding carboxylic acids is 4. The lowest BCUT2D eigenvalue weighted by Crippen LogP contribution is -2.29. The Balaban J connectivity index is 1.33. The molecule has 4 rings (SSSR count). The lowest BCUT2D eigenvalue weighted by atomic mass is 9.95. The van der Waals surface area contributed by atoms with Crippen molar-refractivity contribution in [3.8, 4) is 0 Å². The molecule has 1 aromatic heterocycles. The van der Waals surface area contributed by atoms with Gasteiger partial charge in [0.1, 0.15) is 9.32 Å². The van der Waals surface area contributed by atoms with E-state index >= 15 is 0 Å². The van der Waals surface area contributed by atoms with Crippen LogP contribution < -0.4 is 11.1 Å². The summed E-state index contributed by atoms with van der Waals surface area (Å²) in [4.78, 5) is 52.1. The fourth-order valence-corrected chi connectivity index (χ4v) is 6.80. The van der Waals surface area contributed by atoms with Gasteiger partial charge in [0.25, 0.3) is 11.8 Å². The van der Waals surface area contributed by atoms with Gasteiger partial charge in [-0.25, -0.2) is 4.79 Å². The number of esters is 1. The van der Waals surface area contributed by atoms with Crippen LogP contribution in [0.3, 0.4) is 0 Å². The third kappa shape index (κ3) is 5.69. The Morgan fingerprint density at radius 2 is 1.92 bits per heavy atom. The Morgan fingerprint density at radius 1 is 1.19 bits per heavy atom. The summed E-state index contributed by atoms with van der Waals surface area (Å²) in [6, 6.07) is 6.72. The fraction of sp³-hybridized carbons (Fsp3) is 0.320. The quantitative estimate of drug-likeness (QED) is 0.292. The molecule has 0 unspecified atom stereocenters. The highest BCUT2D eigenvalue weighted by atomic mass is 32.2. The molecule has 1 fully saturated rings. The number of nitrogens with two attached hydrogens (primary N) is 1. The second kappa shape index (κ2) is 11.4. The molecular weight excluding hydrogens is 518 g/mol. The molecule has 188 valence electrons. The number of thiocarbonyl (C=S) groups is 1. The first-order valence-electron chi connectivity index (χ1n) is 11.5. The normalized spacial score (nSPS) is 16.2. The molecule has 3 amide bonds. The van der Waals surface area contributed by atoms with E-state index in [0.29, 0.717) is 38.3 Å². The first-order chi connectivity index (χ1) is 17.3. The lowest BCUT2D eigenvalue weighted by Gasteiger charge is -2.14. The largest absolute Gasteiger partial charge is 0.465 e. The average Bonchev–Trinajstić information content (AvgIpc) is 3.35. The molecule has 1 aliphatic carbocycles. The van der Waals surface area contributed by atoms with Gasteiger partial charge in [0.15, 0.2) is 0 Å². The van der Waals surface area contributed by atoms with Gasteiger partial charge < -0.3 is 15.8 Å². The van der Waals surface area contributed by atoms with Gasteiger partial charge >= 0.3 is 5.97 Å². The molecule has 0 radical (unpaired) electrons. The van der Waals surface area contributed by atoms with E-state index in [1.165, 1.54) is 35.1 Å². The van der Waals surface area contributed by atoms with Gasteiger partial charge in [-0.05, 0) is 61.4 Å². The zero-order valence-electron chi connectivity index (χ0n) is 19.6. The van der Waals surface area contributed by atoms with Crippen LogP contribution in [0.15, 0.2) is 29.2 Å². The topological polar surface area (TPSA) is 119 Å². The summed E-state index contributed by atoms with van der Waals surface area (Å²) < 4.78 is 5.12. The maximum atomic E-state index is 12.9. The zero-order valence-corrected chi connectivity index (χ0v) is 22.1. The number of nitrogens with zero attached hydrogens (tertiary/aromatic N) is 1. The third-order valence-corrected chi connectivity index (χ3v) is 8.54. The van der Waals surface area contributed by atoms with E-state index in [4.69, 9.17) is 22.7 Å². The van der Waals surface area contributed by atoms with E-state index in [1.807, 2.05) is 0 Å². The number of hydrogen-bond donors (Lipinski definition) is 2. The van der Waals surface area contributed by atoms with Crippen molar-refractivity contribution in [2.24, 2.45) is 5.73 Å². The first-order valence-corrected chi connectivity index (χ1v) is 13.5. The van der Waals surface area contributed by atoms with E-state index in [-0.39, 0.29) is 18.2 Å². The van der Waals surface area contributed by atoms with Crippen molar-refractivity contribution in [2.75, 3.05) is 19.0 Å². The number of benzene rings is 1. The minimum Gasteiger partial charge on any atom is -0.465 e. The SMILES string of the molecule is COC(=O)c1ccc(C=C2SC(=S)N(CCCC(=O)Nc3sc4c(c3C(N)=O)CCCC4)C2=O)cc1. The van der Waals surface area contributed by atoms with Crippen molar-refractivity contribution in [1.82, 2.24) is 4.90 Å². The summed E-state index contributed by atoms with van der Waals surface area (Å²) >= 11 is 8.01. The van der Waals surface area contributed by atoms with Crippen LogP contribution in [0.25, 0.3) is 6.08 Å². The van der Waals surface area contributed by atoms with E-state index in [1.54, 1.807) is 30.3 Å². The molecule has 2 aliphatic rings. The highest BCUT2D eigenvalue weighted by molar-refractivity contribution is 8.26. The zero-order chi connectivity index (χ0) is 25.8. The minimum absolute atomic E-state index is 0.172. The number of rotatable bonds is 8. The summed E-state index contributed by atoms with van der Waals surface area (Å²) in [5.74, 6) is -1.40. The monoisotopic (exact) mass is 543 g/mol. The van der Waals surface area contributed by atoms with Crippen molar-refractivity contribution in [1.29, 1.82) is 0 Å². The Labute approximate surface area is 222 Å². The lowest BCUT2D eigenvalue weighted by molar-refractivity contribution is -0.122. The molecule has 0 bridgehead atoms. The minimum atomic E-state index is -0.519. The van der Waals surface area contributed by atoms with Crippen molar-refractivity contribution >= 4 is 74.4 Å². The average molecular weight is 544 g/mol. The van der Waals surface area contributed by atoms with Gasteiger partial charge in [-0.2, -0.15) is 0 Å². The summed E-state index contributed by atoms with van der Waals surface area (Å²) in [5, 5.41) is 3.37. The van der Waals surface area contributed by atoms with Crippen LogP contribution in [0.5, 0.6) is 0 Å². The molecule has 2 aromatic rings. The summed E-state index contributed by atoms with van der Waals surface area (Å²) in [7, 11) is 1.32. The number of fused-ring (bicyclic) bond motifs is 1. The summed E-state index contributed by atoms with van der Waals surface area (Å²) in [5.41, 5.74) is 8.18. The molecule has 1 saturated heterocycles. The van der Waals surface area contributed by atoms with Crippen LogP contribution in [0, 0.1) is 0 Å². The number of hydrogen-bond acceptors (Lipinski definition) is 8. The Hall–Kier alpha value is -3.02. The van der Waals surface area contributed by atoms with Crippen LogP contribution in [0.1, 0.15) is 62.4 Å². The van der Waals surface area contributed by atoms with Crippen LogP contribution in [0.4, 0.5) is 5.00 Å². The van der Waals surface area contributed by atoms with Gasteiger partial charge in [0.2, 0.25) is 5.91 Å². The number of ether oxygens (including phenoxy) is 1. The van der Waals surface area contributed by atoms with Crippen molar-refractivity contribution in [2.45, 2.75) is 38.5 Å². The Kier molecular flexibility index (Phi) is 8.22. The van der Waals surface area contributed by atoms with Gasteiger partial charge in [-0.3, -0.25) is 19.3 Å². The molecular formula is C25H25N3O5S3. The maximum absolute atomic E-state index is 12.9. The molecule has 1 aromatic carbocycles. The molecule has 36 heavy (non-hydrogen) atoms. The number of carbonyl (C=O) groups is 4. The van der Waals surface area contributed by atoms with E-state index in [0.717, 1.165) is 41.7 Å². The smallest absolute Gasteiger partial charge is 0.337 e. The molecule has 0 saturated carbocycles. The molecule has 0 spiro atoms. The second-order valence-corrected chi connectivity index (χ2v) is 11.2. The molecule has 3 N–H and O–H groups in total. The van der Waals surface area contributed by atoms with E-state index in [9.17, 15) is 19.2 Å². The van der Waals surface area contributed by atoms with Gasteiger partial charge in [0.05, 0.1) is 23.1 Å². The van der Waals surface area contributed by atoms with Crippen LogP contribution >= 0.6 is 35.3 Å². The number of thioether (sulfide) groups is 1. The number of amides is 3. The molecule has 0 atom stereocenters. The molecule has 1 aliphatic heterocycles. The highest BCUT2D eigenvalue weighted by Crippen LogP contribution is 2.38. The fourth-order valence-electron chi connectivity index (χ4n) is 4.18. The number of methoxy groups -OCH3 is 1. The highest BCUT2D eigenvalue weighted by Gasteiger charge is 2.32. The number of anilines is 1. The number of thiophene rings is 1. The van der Waals surface area contributed by atoms with Crippen LogP contribution in [-0.4, -0.2) is 46.6 Å². The van der Waals surface area contributed by atoms with Gasteiger partial charge in [-0.15, -0.1) is 11.3 Å². The molecule has 2 heterocycles. The summed E-state index contributed by atoms with van der Waals surface area (Å²) in [6.45, 7) is 0.306. The number of nitrogens with one attached hydrogen (secondary N) is 1. The van der Waals surface area contributed by atoms with Crippen LogP contribution in [-0.2, 0) is 27.2 Å². The number of primary amides is 1.